The van der Waals surface area contributed by atoms with Gasteiger partial charge in [0.1, 0.15) is 0 Å². The van der Waals surface area contributed by atoms with E-state index in [4.69, 9.17) is 0 Å². The van der Waals surface area contributed by atoms with Crippen LogP contribution in [0.2, 0.25) is 0 Å². The Hall–Kier alpha value is -2.60. The number of amides is 1. The van der Waals surface area contributed by atoms with Crippen LogP contribution in [0.15, 0.2) is 53.7 Å². The van der Waals surface area contributed by atoms with Crippen LogP contribution in [0.5, 0.6) is 0 Å². The van der Waals surface area contributed by atoms with Crippen molar-refractivity contribution in [2.24, 2.45) is 0 Å². The van der Waals surface area contributed by atoms with Crippen LogP contribution in [-0.2, 0) is 6.54 Å². The molecule has 0 saturated heterocycles. The van der Waals surface area contributed by atoms with Crippen LogP contribution in [0.3, 0.4) is 0 Å². The Labute approximate surface area is 151 Å². The van der Waals surface area contributed by atoms with E-state index in [-0.39, 0.29) is 5.91 Å². The lowest BCUT2D eigenvalue weighted by Gasteiger charge is -2.09. The molecule has 0 aliphatic heterocycles. The van der Waals surface area contributed by atoms with Gasteiger partial charge in [0.15, 0.2) is 11.0 Å². The summed E-state index contributed by atoms with van der Waals surface area (Å²) in [5.74, 6) is 0.732. The highest BCUT2D eigenvalue weighted by Crippen LogP contribution is 2.24. The van der Waals surface area contributed by atoms with Crippen LogP contribution >= 0.6 is 11.8 Å². The van der Waals surface area contributed by atoms with Crippen LogP contribution in [0, 0.1) is 6.92 Å². The molecule has 1 aromatic heterocycles. The summed E-state index contributed by atoms with van der Waals surface area (Å²) in [5.41, 5.74) is 3.37. The van der Waals surface area contributed by atoms with Crippen molar-refractivity contribution in [1.29, 1.82) is 0 Å². The summed E-state index contributed by atoms with van der Waals surface area (Å²) in [4.78, 5) is 12.4. The third-order valence-corrected chi connectivity index (χ3v) is 4.67. The van der Waals surface area contributed by atoms with Crippen LogP contribution in [0.25, 0.3) is 11.4 Å². The van der Waals surface area contributed by atoms with Gasteiger partial charge < -0.3 is 9.88 Å². The molecular formula is C19H20N4OS. The SMILES string of the molecule is CCn1c(SC)nnc1-c1ccc(NC(=O)c2ccccc2C)cc1. The normalized spacial score (nSPS) is 10.7. The molecule has 1 amide bonds. The fourth-order valence-electron chi connectivity index (χ4n) is 2.67. The Morgan fingerprint density at radius 1 is 1.12 bits per heavy atom. The van der Waals surface area contributed by atoms with Crippen molar-refractivity contribution in [2.75, 3.05) is 11.6 Å². The molecule has 3 aromatic rings. The molecule has 128 valence electrons. The first-order valence-electron chi connectivity index (χ1n) is 8.08. The van der Waals surface area contributed by atoms with Gasteiger partial charge in [0.05, 0.1) is 0 Å². The summed E-state index contributed by atoms with van der Waals surface area (Å²) in [6.07, 6.45) is 1.99. The van der Waals surface area contributed by atoms with Gasteiger partial charge in [-0.05, 0) is 56.0 Å². The largest absolute Gasteiger partial charge is 0.322 e. The molecule has 0 atom stereocenters. The minimum Gasteiger partial charge on any atom is -0.322 e. The molecule has 2 aromatic carbocycles. The number of aryl methyl sites for hydroxylation is 1. The van der Waals surface area contributed by atoms with Crippen molar-refractivity contribution >= 4 is 23.4 Å². The monoisotopic (exact) mass is 352 g/mol. The third kappa shape index (κ3) is 3.58. The zero-order valence-corrected chi connectivity index (χ0v) is 15.3. The van der Waals surface area contributed by atoms with E-state index >= 15 is 0 Å². The summed E-state index contributed by atoms with van der Waals surface area (Å²) in [7, 11) is 0. The van der Waals surface area contributed by atoms with Crippen LogP contribution in [-0.4, -0.2) is 26.9 Å². The fourth-order valence-corrected chi connectivity index (χ4v) is 3.23. The summed E-state index contributed by atoms with van der Waals surface area (Å²) in [5, 5.41) is 12.3. The number of hydrogen-bond donors (Lipinski definition) is 1. The highest BCUT2D eigenvalue weighted by Gasteiger charge is 2.12. The Morgan fingerprint density at radius 2 is 1.84 bits per heavy atom. The second-order valence-electron chi connectivity index (χ2n) is 5.60. The Kier molecular flexibility index (Phi) is 5.19. The van der Waals surface area contributed by atoms with Crippen molar-refractivity contribution in [3.05, 3.63) is 59.7 Å². The summed E-state index contributed by atoms with van der Waals surface area (Å²) in [6, 6.07) is 15.2. The maximum atomic E-state index is 12.4. The molecule has 3 rings (SSSR count). The topological polar surface area (TPSA) is 59.8 Å². The molecule has 0 fully saturated rings. The summed E-state index contributed by atoms with van der Waals surface area (Å²) >= 11 is 1.58. The third-order valence-electron chi connectivity index (χ3n) is 4.01. The van der Waals surface area contributed by atoms with Gasteiger partial charge in [0, 0.05) is 23.4 Å². The molecule has 0 saturated carbocycles. The van der Waals surface area contributed by atoms with Crippen LogP contribution in [0.1, 0.15) is 22.8 Å². The number of anilines is 1. The molecule has 0 bridgehead atoms. The van der Waals surface area contributed by atoms with E-state index in [0.717, 1.165) is 34.3 Å². The molecular weight excluding hydrogens is 332 g/mol. The minimum atomic E-state index is -0.104. The van der Waals surface area contributed by atoms with Gasteiger partial charge in [0.2, 0.25) is 0 Å². The number of hydrogen-bond acceptors (Lipinski definition) is 4. The lowest BCUT2D eigenvalue weighted by Crippen LogP contribution is -2.13. The van der Waals surface area contributed by atoms with Gasteiger partial charge in [-0.3, -0.25) is 4.79 Å². The minimum absolute atomic E-state index is 0.104. The zero-order valence-electron chi connectivity index (χ0n) is 14.5. The van der Waals surface area contributed by atoms with Gasteiger partial charge in [-0.15, -0.1) is 10.2 Å². The van der Waals surface area contributed by atoms with Gasteiger partial charge in [-0.1, -0.05) is 30.0 Å². The van der Waals surface area contributed by atoms with E-state index < -0.39 is 0 Å². The Bertz CT molecular complexity index is 887. The van der Waals surface area contributed by atoms with Crippen molar-refractivity contribution in [3.63, 3.8) is 0 Å². The fraction of sp³-hybridized carbons (Fsp3) is 0.211. The van der Waals surface area contributed by atoms with Crippen LogP contribution < -0.4 is 5.32 Å². The Morgan fingerprint density at radius 3 is 2.48 bits per heavy atom. The number of rotatable bonds is 5. The highest BCUT2D eigenvalue weighted by molar-refractivity contribution is 7.98. The smallest absolute Gasteiger partial charge is 0.255 e. The van der Waals surface area contributed by atoms with Crippen molar-refractivity contribution in [2.45, 2.75) is 25.5 Å². The number of carbonyl (C=O) groups excluding carboxylic acids is 1. The summed E-state index contributed by atoms with van der Waals surface area (Å²) < 4.78 is 2.07. The average molecular weight is 352 g/mol. The maximum absolute atomic E-state index is 12.4. The first-order chi connectivity index (χ1) is 12.1. The second-order valence-corrected chi connectivity index (χ2v) is 6.37. The first kappa shape index (κ1) is 17.2. The molecule has 5 nitrogen and oxygen atoms in total. The number of nitrogens with zero attached hydrogens (tertiary/aromatic N) is 3. The quantitative estimate of drug-likeness (QED) is 0.698. The van der Waals surface area contributed by atoms with E-state index in [9.17, 15) is 4.79 Å². The molecule has 0 spiro atoms. The molecule has 1 N–H and O–H groups in total. The van der Waals surface area contributed by atoms with E-state index in [1.165, 1.54) is 0 Å². The maximum Gasteiger partial charge on any atom is 0.255 e. The van der Waals surface area contributed by atoms with E-state index in [0.29, 0.717) is 5.56 Å². The molecule has 1 heterocycles. The number of nitrogens with one attached hydrogen (secondary N) is 1. The highest BCUT2D eigenvalue weighted by atomic mass is 32.2. The standard InChI is InChI=1S/C19H20N4OS/c1-4-23-17(21-22-19(23)25-3)14-9-11-15(12-10-14)20-18(24)16-8-6-5-7-13(16)2/h5-12H,4H2,1-3H3,(H,20,24). The van der Waals surface area contributed by atoms with Gasteiger partial charge in [0.25, 0.3) is 5.91 Å². The van der Waals surface area contributed by atoms with Crippen molar-refractivity contribution in [3.8, 4) is 11.4 Å². The predicted molar refractivity (Wildman–Crippen MR) is 102 cm³/mol. The number of thioether (sulfide) groups is 1. The van der Waals surface area contributed by atoms with E-state index in [1.807, 2.05) is 61.7 Å². The lowest BCUT2D eigenvalue weighted by atomic mass is 10.1. The molecule has 0 aliphatic carbocycles. The van der Waals surface area contributed by atoms with Crippen molar-refractivity contribution in [1.82, 2.24) is 14.8 Å². The molecule has 0 aliphatic rings. The second kappa shape index (κ2) is 7.53. The van der Waals surface area contributed by atoms with Crippen LogP contribution in [0.4, 0.5) is 5.69 Å². The predicted octanol–water partition coefficient (Wildman–Crippen LogP) is 4.25. The lowest BCUT2D eigenvalue weighted by molar-refractivity contribution is 0.102. The van der Waals surface area contributed by atoms with Gasteiger partial charge in [-0.25, -0.2) is 0 Å². The van der Waals surface area contributed by atoms with E-state index in [1.54, 1.807) is 11.8 Å². The number of carbonyl (C=O) groups is 1. The van der Waals surface area contributed by atoms with Gasteiger partial charge >= 0.3 is 0 Å². The molecule has 0 radical (unpaired) electrons. The zero-order chi connectivity index (χ0) is 17.8. The number of aromatic nitrogens is 3. The molecule has 6 heteroatoms. The Balaban J connectivity index is 1.80. The van der Waals surface area contributed by atoms with E-state index in [2.05, 4.69) is 27.0 Å². The first-order valence-corrected chi connectivity index (χ1v) is 9.31. The molecule has 25 heavy (non-hydrogen) atoms. The number of benzene rings is 2. The average Bonchev–Trinajstić information content (AvgIpc) is 3.05. The van der Waals surface area contributed by atoms with Gasteiger partial charge in [-0.2, -0.15) is 0 Å². The molecule has 0 unspecified atom stereocenters. The summed E-state index contributed by atoms with van der Waals surface area (Å²) in [6.45, 7) is 4.81. The van der Waals surface area contributed by atoms with Crippen molar-refractivity contribution < 1.29 is 4.79 Å².